The quantitative estimate of drug-likeness (QED) is 0.693. The van der Waals surface area contributed by atoms with Gasteiger partial charge in [-0.1, -0.05) is 11.6 Å². The van der Waals surface area contributed by atoms with Crippen molar-refractivity contribution >= 4 is 29.2 Å². The van der Waals surface area contributed by atoms with E-state index in [1.165, 1.54) is 25.3 Å². The highest BCUT2D eigenvalue weighted by molar-refractivity contribution is 6.30. The number of ether oxygens (including phenoxy) is 1. The van der Waals surface area contributed by atoms with Crippen LogP contribution in [-0.4, -0.2) is 38.7 Å². The Morgan fingerprint density at radius 2 is 2.15 bits per heavy atom. The summed E-state index contributed by atoms with van der Waals surface area (Å²) < 4.78 is 18.1. The van der Waals surface area contributed by atoms with Crippen LogP contribution in [-0.2, 0) is 9.53 Å². The lowest BCUT2D eigenvalue weighted by atomic mass is 10.3. The Morgan fingerprint density at radius 1 is 1.40 bits per heavy atom. The second-order valence-electron chi connectivity index (χ2n) is 3.77. The van der Waals surface area contributed by atoms with Crippen molar-refractivity contribution in [2.24, 2.45) is 0 Å². The number of urea groups is 1. The maximum atomic E-state index is 13.3. The van der Waals surface area contributed by atoms with Crippen molar-refractivity contribution in [3.05, 3.63) is 29.0 Å². The van der Waals surface area contributed by atoms with Crippen LogP contribution in [0.15, 0.2) is 18.2 Å². The number of carbonyl (C=O) groups excluding carboxylic acids is 2. The first-order valence-electron chi connectivity index (χ1n) is 5.78. The van der Waals surface area contributed by atoms with E-state index in [9.17, 15) is 14.0 Å². The fraction of sp³-hybridized carbons (Fsp3) is 0.333. The van der Waals surface area contributed by atoms with Crippen molar-refractivity contribution in [2.45, 2.75) is 0 Å². The summed E-state index contributed by atoms with van der Waals surface area (Å²) in [6, 6.07) is 3.29. The number of benzene rings is 1. The average Bonchev–Trinajstić information content (AvgIpc) is 2.40. The predicted octanol–water partition coefficient (Wildman–Crippen LogP) is 1.36. The zero-order valence-corrected chi connectivity index (χ0v) is 11.6. The van der Waals surface area contributed by atoms with Crippen LogP contribution >= 0.6 is 11.6 Å². The SMILES string of the molecule is COCCNC(=O)NC(=O)CNc1cc(Cl)ccc1F. The van der Waals surface area contributed by atoms with Gasteiger partial charge in [-0.15, -0.1) is 0 Å². The van der Waals surface area contributed by atoms with Crippen LogP contribution < -0.4 is 16.0 Å². The van der Waals surface area contributed by atoms with Crippen LogP contribution in [0.4, 0.5) is 14.9 Å². The highest BCUT2D eigenvalue weighted by Crippen LogP contribution is 2.18. The van der Waals surface area contributed by atoms with Crippen LogP contribution in [0.2, 0.25) is 5.02 Å². The summed E-state index contributed by atoms with van der Waals surface area (Å²) in [7, 11) is 1.49. The summed E-state index contributed by atoms with van der Waals surface area (Å²) in [5.74, 6) is -1.13. The highest BCUT2D eigenvalue weighted by Gasteiger charge is 2.08. The molecule has 3 N–H and O–H groups in total. The third kappa shape index (κ3) is 5.85. The molecule has 3 amide bonds. The number of methoxy groups -OCH3 is 1. The minimum absolute atomic E-state index is 0.0902. The van der Waals surface area contributed by atoms with Crippen LogP contribution in [0.3, 0.4) is 0 Å². The van der Waals surface area contributed by atoms with Gasteiger partial charge in [-0.25, -0.2) is 9.18 Å². The molecule has 0 spiro atoms. The lowest BCUT2D eigenvalue weighted by Gasteiger charge is -2.09. The van der Waals surface area contributed by atoms with E-state index in [0.717, 1.165) is 0 Å². The molecule has 0 bridgehead atoms. The van der Waals surface area contributed by atoms with E-state index in [1.54, 1.807) is 0 Å². The molecule has 6 nitrogen and oxygen atoms in total. The van der Waals surface area contributed by atoms with Gasteiger partial charge in [0.2, 0.25) is 5.91 Å². The molecule has 0 aliphatic rings. The van der Waals surface area contributed by atoms with Gasteiger partial charge in [0.15, 0.2) is 0 Å². The molecule has 0 radical (unpaired) electrons. The van der Waals surface area contributed by atoms with E-state index in [4.69, 9.17) is 16.3 Å². The molecule has 20 heavy (non-hydrogen) atoms. The molecule has 0 atom stereocenters. The lowest BCUT2D eigenvalue weighted by Crippen LogP contribution is -2.43. The summed E-state index contributed by atoms with van der Waals surface area (Å²) in [4.78, 5) is 22.7. The van der Waals surface area contributed by atoms with E-state index in [-0.39, 0.29) is 18.8 Å². The number of amides is 3. The maximum Gasteiger partial charge on any atom is 0.321 e. The number of hydrogen-bond acceptors (Lipinski definition) is 4. The minimum atomic E-state index is -0.639. The molecular formula is C12H15ClFN3O3. The molecule has 1 rings (SSSR count). The Kier molecular flexibility index (Phi) is 6.75. The molecule has 0 fully saturated rings. The number of carbonyl (C=O) groups is 2. The van der Waals surface area contributed by atoms with E-state index < -0.39 is 17.8 Å². The zero-order chi connectivity index (χ0) is 15.0. The summed E-state index contributed by atoms with van der Waals surface area (Å²) in [5.41, 5.74) is 0.0902. The third-order valence-electron chi connectivity index (χ3n) is 2.21. The van der Waals surface area contributed by atoms with Gasteiger partial charge in [0.05, 0.1) is 18.8 Å². The Labute approximate surface area is 120 Å². The van der Waals surface area contributed by atoms with Crippen molar-refractivity contribution in [3.8, 4) is 0 Å². The molecule has 0 aliphatic carbocycles. The van der Waals surface area contributed by atoms with Gasteiger partial charge in [-0.05, 0) is 18.2 Å². The summed E-state index contributed by atoms with van der Waals surface area (Å²) in [6.45, 7) is 0.370. The highest BCUT2D eigenvalue weighted by atomic mass is 35.5. The van der Waals surface area contributed by atoms with Gasteiger partial charge in [0, 0.05) is 18.7 Å². The van der Waals surface area contributed by atoms with Crippen LogP contribution in [0, 0.1) is 5.82 Å². The first-order valence-corrected chi connectivity index (χ1v) is 6.16. The molecule has 0 unspecified atom stereocenters. The van der Waals surface area contributed by atoms with Gasteiger partial charge in [-0.3, -0.25) is 10.1 Å². The van der Waals surface area contributed by atoms with Crippen LogP contribution in [0.1, 0.15) is 0 Å². The van der Waals surface area contributed by atoms with Gasteiger partial charge in [0.25, 0.3) is 0 Å². The Balaban J connectivity index is 2.36. The van der Waals surface area contributed by atoms with Crippen molar-refractivity contribution in [2.75, 3.05) is 32.1 Å². The van der Waals surface area contributed by atoms with Gasteiger partial charge < -0.3 is 15.4 Å². The topological polar surface area (TPSA) is 79.5 Å². The zero-order valence-electron chi connectivity index (χ0n) is 10.8. The third-order valence-corrected chi connectivity index (χ3v) is 2.45. The lowest BCUT2D eigenvalue weighted by molar-refractivity contribution is -0.118. The summed E-state index contributed by atoms with van der Waals surface area (Å²) in [5, 5.41) is 7.38. The fourth-order valence-corrected chi connectivity index (χ4v) is 1.46. The van der Waals surface area contributed by atoms with Crippen LogP contribution in [0.25, 0.3) is 0 Å². The molecule has 0 saturated carbocycles. The van der Waals surface area contributed by atoms with Gasteiger partial charge in [0.1, 0.15) is 5.82 Å². The first-order chi connectivity index (χ1) is 9.52. The van der Waals surface area contributed by atoms with Crippen molar-refractivity contribution in [1.29, 1.82) is 0 Å². The number of hydrogen-bond donors (Lipinski definition) is 3. The van der Waals surface area contributed by atoms with Gasteiger partial charge in [-0.2, -0.15) is 0 Å². The number of imide groups is 1. The second kappa shape index (κ2) is 8.34. The molecule has 0 aliphatic heterocycles. The van der Waals surface area contributed by atoms with E-state index >= 15 is 0 Å². The van der Waals surface area contributed by atoms with Crippen molar-refractivity contribution < 1.29 is 18.7 Å². The number of anilines is 1. The molecule has 0 heterocycles. The van der Waals surface area contributed by atoms with E-state index in [0.29, 0.717) is 11.6 Å². The monoisotopic (exact) mass is 303 g/mol. The summed E-state index contributed by atoms with van der Waals surface area (Å²) in [6.07, 6.45) is 0. The molecule has 0 saturated heterocycles. The van der Waals surface area contributed by atoms with Crippen LogP contribution in [0.5, 0.6) is 0 Å². The number of halogens is 2. The normalized spacial score (nSPS) is 9.95. The van der Waals surface area contributed by atoms with Gasteiger partial charge >= 0.3 is 6.03 Å². The molecule has 8 heteroatoms. The first kappa shape index (κ1) is 16.2. The summed E-state index contributed by atoms with van der Waals surface area (Å²) >= 11 is 5.70. The van der Waals surface area contributed by atoms with E-state index in [1.807, 2.05) is 0 Å². The van der Waals surface area contributed by atoms with Crippen molar-refractivity contribution in [3.63, 3.8) is 0 Å². The fourth-order valence-electron chi connectivity index (χ4n) is 1.29. The molecule has 1 aromatic rings. The Bertz CT molecular complexity index is 485. The maximum absolute atomic E-state index is 13.3. The molecular weight excluding hydrogens is 289 g/mol. The second-order valence-corrected chi connectivity index (χ2v) is 4.21. The Morgan fingerprint density at radius 3 is 2.85 bits per heavy atom. The molecule has 1 aromatic carbocycles. The van der Waals surface area contributed by atoms with Crippen molar-refractivity contribution in [1.82, 2.24) is 10.6 Å². The standard InChI is InChI=1S/C12H15ClFN3O3/c1-20-5-4-15-12(19)17-11(18)7-16-10-6-8(13)2-3-9(10)14/h2-3,6,16H,4-5,7H2,1H3,(H2,15,17,18,19). The molecule has 110 valence electrons. The molecule has 0 aromatic heterocycles. The minimum Gasteiger partial charge on any atom is -0.383 e. The predicted molar refractivity (Wildman–Crippen MR) is 73.3 cm³/mol. The average molecular weight is 304 g/mol. The number of nitrogens with one attached hydrogen (secondary N) is 3. The number of rotatable bonds is 6. The smallest absolute Gasteiger partial charge is 0.321 e. The largest absolute Gasteiger partial charge is 0.383 e. The Hall–Kier alpha value is -1.86. The van der Waals surface area contributed by atoms with E-state index in [2.05, 4.69) is 16.0 Å².